The lowest BCUT2D eigenvalue weighted by atomic mass is 10.1. The lowest BCUT2D eigenvalue weighted by Crippen LogP contribution is -2.10. The van der Waals surface area contributed by atoms with Crippen molar-refractivity contribution >= 4 is 29.8 Å². The van der Waals surface area contributed by atoms with Crippen molar-refractivity contribution in [3.63, 3.8) is 0 Å². The quantitative estimate of drug-likeness (QED) is 0.505. The van der Waals surface area contributed by atoms with Crippen LogP contribution in [0.1, 0.15) is 21.5 Å². The van der Waals surface area contributed by atoms with Gasteiger partial charge in [0.15, 0.2) is 0 Å². The fraction of sp³-hybridized carbons (Fsp3) is 0.0435. The Labute approximate surface area is 174 Å². The van der Waals surface area contributed by atoms with Crippen LogP contribution in [-0.2, 0) is 0 Å². The molecule has 3 aromatic carbocycles. The maximum absolute atomic E-state index is 10.5. The lowest BCUT2D eigenvalue weighted by Gasteiger charge is -2.01. The number of primary amides is 1. The number of hydrogen-bond donors (Lipinski definition) is 3. The van der Waals surface area contributed by atoms with Crippen molar-refractivity contribution in [2.24, 2.45) is 5.73 Å². The predicted octanol–water partition coefficient (Wildman–Crippen LogP) is 4.92. The molecule has 29 heavy (non-hydrogen) atoms. The van der Waals surface area contributed by atoms with Crippen LogP contribution in [0.5, 0.6) is 11.5 Å². The van der Waals surface area contributed by atoms with Crippen LogP contribution in [0.2, 0.25) is 5.02 Å². The van der Waals surface area contributed by atoms with E-state index in [2.05, 4.69) is 0 Å². The number of amides is 1. The summed E-state index contributed by atoms with van der Waals surface area (Å²) in [7, 11) is 0. The van der Waals surface area contributed by atoms with Crippen LogP contribution < -0.4 is 10.5 Å². The number of nitrogens with two attached hydrogens (primary N) is 1. The number of rotatable bonds is 6. The zero-order chi connectivity index (χ0) is 21.1. The van der Waals surface area contributed by atoms with Gasteiger partial charge < -0.3 is 21.0 Å². The number of phenols is 1. The number of nitrogens with one attached hydrogen (secondary N) is 1. The number of ether oxygens (including phenoxy) is 1. The van der Waals surface area contributed by atoms with Crippen LogP contribution in [0.15, 0.2) is 78.9 Å². The van der Waals surface area contributed by atoms with E-state index in [1.807, 2.05) is 66.7 Å². The summed E-state index contributed by atoms with van der Waals surface area (Å²) >= 11 is 5.50. The molecule has 0 radical (unpaired) electrons. The van der Waals surface area contributed by atoms with Crippen LogP contribution in [0.25, 0.3) is 6.08 Å². The van der Waals surface area contributed by atoms with E-state index in [4.69, 9.17) is 32.6 Å². The molecule has 0 aliphatic rings. The molecule has 3 aromatic rings. The highest BCUT2D eigenvalue weighted by Crippen LogP contribution is 2.23. The summed E-state index contributed by atoms with van der Waals surface area (Å²) in [6, 6.07) is 21.6. The number of halogens is 1. The van der Waals surface area contributed by atoms with Crippen LogP contribution >= 0.6 is 11.6 Å². The Kier molecular flexibility index (Phi) is 8.48. The molecule has 0 saturated heterocycles. The number of hydrogen-bond acceptors (Lipinski definition) is 4. The van der Waals surface area contributed by atoms with Gasteiger partial charge in [-0.3, -0.25) is 4.79 Å². The van der Waals surface area contributed by atoms with Crippen molar-refractivity contribution in [2.75, 3.05) is 6.61 Å². The Bertz CT molecular complexity index is 988. The van der Waals surface area contributed by atoms with E-state index in [-0.39, 0.29) is 16.3 Å². The van der Waals surface area contributed by atoms with E-state index in [1.165, 1.54) is 24.4 Å². The highest BCUT2D eigenvalue weighted by molar-refractivity contribution is 6.32. The first-order chi connectivity index (χ1) is 14.0. The van der Waals surface area contributed by atoms with Crippen LogP contribution in [0.4, 0.5) is 0 Å². The first kappa shape index (κ1) is 21.7. The van der Waals surface area contributed by atoms with Crippen LogP contribution in [0.3, 0.4) is 0 Å². The standard InChI is InChI=1S/C16H15NO.C7H6ClNO2/c17-13-15-7-4-6-14(12-15)8-5-11-18-16-9-2-1-3-10-16;8-5-3-4(7(9)11)1-2-6(5)10/h1-10,12-13,17H,11H2;1-3,10H,(H2,9,11)/b8-5+,17-13?;. The summed E-state index contributed by atoms with van der Waals surface area (Å²) in [5, 5.41) is 16.3. The molecule has 0 spiro atoms. The molecular weight excluding hydrogens is 388 g/mol. The van der Waals surface area contributed by atoms with E-state index >= 15 is 0 Å². The second kappa shape index (κ2) is 11.3. The molecule has 6 heteroatoms. The van der Waals surface area contributed by atoms with Gasteiger partial charge in [0, 0.05) is 11.8 Å². The van der Waals surface area contributed by atoms with Crippen LogP contribution in [-0.4, -0.2) is 23.8 Å². The first-order valence-electron chi connectivity index (χ1n) is 8.73. The molecule has 0 saturated carbocycles. The molecule has 0 aromatic heterocycles. The van der Waals surface area contributed by atoms with Gasteiger partial charge in [-0.05, 0) is 53.6 Å². The SMILES string of the molecule is N=Cc1cccc(/C=C/COc2ccccc2)c1.NC(=O)c1ccc(O)c(Cl)c1. The monoisotopic (exact) mass is 408 g/mol. The third kappa shape index (κ3) is 7.52. The Morgan fingerprint density at radius 1 is 1.03 bits per heavy atom. The summed E-state index contributed by atoms with van der Waals surface area (Å²) in [6.07, 6.45) is 5.31. The average Bonchev–Trinajstić information content (AvgIpc) is 2.74. The second-order valence-corrected chi connectivity index (χ2v) is 6.28. The van der Waals surface area contributed by atoms with Crippen molar-refractivity contribution in [3.8, 4) is 11.5 Å². The van der Waals surface area contributed by atoms with Gasteiger partial charge in [-0.2, -0.15) is 0 Å². The second-order valence-electron chi connectivity index (χ2n) is 5.87. The fourth-order valence-corrected chi connectivity index (χ4v) is 2.44. The van der Waals surface area contributed by atoms with Gasteiger partial charge in [-0.25, -0.2) is 0 Å². The molecule has 0 atom stereocenters. The Hall–Kier alpha value is -3.57. The summed E-state index contributed by atoms with van der Waals surface area (Å²) in [5.74, 6) is 0.249. The molecular formula is C23H21ClN2O3. The van der Waals surface area contributed by atoms with Gasteiger partial charge in [0.05, 0.1) is 5.02 Å². The topological polar surface area (TPSA) is 96.4 Å². The van der Waals surface area contributed by atoms with E-state index in [0.717, 1.165) is 16.9 Å². The molecule has 148 valence electrons. The zero-order valence-corrected chi connectivity index (χ0v) is 16.3. The highest BCUT2D eigenvalue weighted by Gasteiger charge is 2.03. The molecule has 5 nitrogen and oxygen atoms in total. The number of phenolic OH excluding ortho intramolecular Hbond substituents is 1. The van der Waals surface area contributed by atoms with Gasteiger partial charge in [0.1, 0.15) is 18.1 Å². The van der Waals surface area contributed by atoms with Crippen LogP contribution in [0, 0.1) is 5.41 Å². The third-order valence-electron chi connectivity index (χ3n) is 3.71. The maximum Gasteiger partial charge on any atom is 0.248 e. The molecule has 0 aliphatic heterocycles. The number of aromatic hydroxyl groups is 1. The normalized spacial score (nSPS) is 10.1. The minimum atomic E-state index is -0.563. The van der Waals surface area contributed by atoms with Crippen molar-refractivity contribution in [1.82, 2.24) is 0 Å². The average molecular weight is 409 g/mol. The van der Waals surface area contributed by atoms with Gasteiger partial charge in [-0.1, -0.05) is 54.1 Å². The van der Waals surface area contributed by atoms with Crippen molar-refractivity contribution in [1.29, 1.82) is 5.41 Å². The molecule has 0 fully saturated rings. The van der Waals surface area contributed by atoms with E-state index in [0.29, 0.717) is 6.61 Å². The highest BCUT2D eigenvalue weighted by atomic mass is 35.5. The Morgan fingerprint density at radius 2 is 1.76 bits per heavy atom. The summed E-state index contributed by atoms with van der Waals surface area (Å²) < 4.78 is 5.55. The third-order valence-corrected chi connectivity index (χ3v) is 4.01. The largest absolute Gasteiger partial charge is 0.506 e. The Morgan fingerprint density at radius 3 is 2.41 bits per heavy atom. The Balaban J connectivity index is 0.000000234. The molecule has 0 unspecified atom stereocenters. The lowest BCUT2D eigenvalue weighted by molar-refractivity contribution is 0.100. The number of carbonyl (C=O) groups excluding carboxylic acids is 1. The molecule has 0 bridgehead atoms. The maximum atomic E-state index is 10.5. The van der Waals surface area contributed by atoms with Gasteiger partial charge in [-0.15, -0.1) is 0 Å². The first-order valence-corrected chi connectivity index (χ1v) is 9.10. The van der Waals surface area contributed by atoms with E-state index in [9.17, 15) is 4.79 Å². The molecule has 1 amide bonds. The summed E-state index contributed by atoms with van der Waals surface area (Å²) in [6.45, 7) is 0.541. The molecule has 0 aliphatic carbocycles. The smallest absolute Gasteiger partial charge is 0.248 e. The van der Waals surface area contributed by atoms with Crippen molar-refractivity contribution in [2.45, 2.75) is 0 Å². The number of para-hydroxylation sites is 1. The van der Waals surface area contributed by atoms with Gasteiger partial charge in [0.25, 0.3) is 0 Å². The van der Waals surface area contributed by atoms with Crippen molar-refractivity contribution in [3.05, 3.63) is 101 Å². The van der Waals surface area contributed by atoms with Gasteiger partial charge >= 0.3 is 0 Å². The van der Waals surface area contributed by atoms with Gasteiger partial charge in [0.2, 0.25) is 5.91 Å². The van der Waals surface area contributed by atoms with Crippen molar-refractivity contribution < 1.29 is 14.6 Å². The number of carbonyl (C=O) groups is 1. The van der Waals surface area contributed by atoms with E-state index < -0.39 is 5.91 Å². The molecule has 4 N–H and O–H groups in total. The predicted molar refractivity (Wildman–Crippen MR) is 117 cm³/mol. The molecule has 3 rings (SSSR count). The fourth-order valence-electron chi connectivity index (χ4n) is 2.26. The molecule has 0 heterocycles. The number of benzene rings is 3. The zero-order valence-electron chi connectivity index (χ0n) is 15.6. The van der Waals surface area contributed by atoms with E-state index in [1.54, 1.807) is 0 Å². The summed E-state index contributed by atoms with van der Waals surface area (Å²) in [4.78, 5) is 10.5. The summed E-state index contributed by atoms with van der Waals surface area (Å²) in [5.41, 5.74) is 7.22. The minimum absolute atomic E-state index is 0.0586. The minimum Gasteiger partial charge on any atom is -0.506 e.